The van der Waals surface area contributed by atoms with Crippen molar-refractivity contribution in [2.75, 3.05) is 0 Å². The molecule has 3 aromatic carbocycles. The summed E-state index contributed by atoms with van der Waals surface area (Å²) in [6, 6.07) is 25.0. The van der Waals surface area contributed by atoms with Gasteiger partial charge in [0, 0.05) is 6.08 Å². The van der Waals surface area contributed by atoms with E-state index < -0.39 is 5.97 Å². The van der Waals surface area contributed by atoms with Gasteiger partial charge in [-0.2, -0.15) is 0 Å². The molecule has 0 N–H and O–H groups in total. The van der Waals surface area contributed by atoms with E-state index in [1.807, 2.05) is 79.7 Å². The number of hydrogen-bond donors (Lipinski definition) is 0. The Morgan fingerprint density at radius 1 is 0.885 bits per heavy atom. The number of ether oxygens (including phenoxy) is 2. The predicted molar refractivity (Wildman–Crippen MR) is 103 cm³/mol. The predicted octanol–water partition coefficient (Wildman–Crippen LogP) is 5.19. The molecule has 3 heteroatoms. The zero-order valence-electron chi connectivity index (χ0n) is 14.6. The topological polar surface area (TPSA) is 35.5 Å². The first-order valence-electron chi connectivity index (χ1n) is 8.43. The lowest BCUT2D eigenvalue weighted by Gasteiger charge is -2.06. The summed E-state index contributed by atoms with van der Waals surface area (Å²) in [5.41, 5.74) is 2.95. The van der Waals surface area contributed by atoms with Gasteiger partial charge in [-0.3, -0.25) is 0 Å². The van der Waals surface area contributed by atoms with Crippen molar-refractivity contribution < 1.29 is 14.3 Å². The van der Waals surface area contributed by atoms with Gasteiger partial charge in [0.25, 0.3) is 0 Å². The summed E-state index contributed by atoms with van der Waals surface area (Å²) in [5.74, 6) is 0.962. The molecule has 0 fully saturated rings. The molecule has 0 aliphatic carbocycles. The number of hydrogen-bond acceptors (Lipinski definition) is 3. The Morgan fingerprint density at radius 2 is 1.58 bits per heavy atom. The maximum absolute atomic E-state index is 11.9. The molecule has 0 aromatic heterocycles. The van der Waals surface area contributed by atoms with Gasteiger partial charge in [0.2, 0.25) is 0 Å². The van der Waals surface area contributed by atoms with Crippen molar-refractivity contribution in [2.45, 2.75) is 13.5 Å². The Morgan fingerprint density at radius 3 is 2.31 bits per heavy atom. The van der Waals surface area contributed by atoms with Crippen LogP contribution in [0.25, 0.3) is 6.08 Å². The minimum Gasteiger partial charge on any atom is -0.489 e. The third-order valence-corrected chi connectivity index (χ3v) is 3.84. The SMILES string of the molecule is Cc1ccccc1OC(=O)/C=C/c1ccc(OCc2ccccc2)cc1. The summed E-state index contributed by atoms with van der Waals surface area (Å²) in [4.78, 5) is 11.9. The lowest BCUT2D eigenvalue weighted by atomic mass is 10.2. The molecule has 0 aliphatic rings. The normalized spacial score (nSPS) is 10.7. The molecule has 0 spiro atoms. The molecular weight excluding hydrogens is 324 g/mol. The second kappa shape index (κ2) is 8.67. The van der Waals surface area contributed by atoms with E-state index in [2.05, 4.69) is 0 Å². The average molecular weight is 344 g/mol. The summed E-state index contributed by atoms with van der Waals surface area (Å²) in [7, 11) is 0. The number of carbonyl (C=O) groups excluding carboxylic acids is 1. The van der Waals surface area contributed by atoms with Crippen molar-refractivity contribution in [3.8, 4) is 11.5 Å². The Labute approximate surface area is 153 Å². The van der Waals surface area contributed by atoms with Crippen LogP contribution in [0.15, 0.2) is 84.9 Å². The van der Waals surface area contributed by atoms with Crippen molar-refractivity contribution in [2.24, 2.45) is 0 Å². The number of esters is 1. The van der Waals surface area contributed by atoms with Crippen LogP contribution >= 0.6 is 0 Å². The Kier molecular flexibility index (Phi) is 5.84. The molecule has 0 saturated carbocycles. The first-order chi connectivity index (χ1) is 12.7. The molecule has 0 aliphatic heterocycles. The van der Waals surface area contributed by atoms with E-state index in [4.69, 9.17) is 9.47 Å². The van der Waals surface area contributed by atoms with Crippen LogP contribution in [0.3, 0.4) is 0 Å². The quantitative estimate of drug-likeness (QED) is 0.350. The standard InChI is InChI=1S/C23H20O3/c1-18-7-5-6-10-22(18)26-23(24)16-13-19-11-14-21(15-12-19)25-17-20-8-3-2-4-9-20/h2-16H,17H2,1H3/b16-13+. The maximum atomic E-state index is 11.9. The molecule has 0 amide bonds. The molecule has 0 unspecified atom stereocenters. The van der Waals surface area contributed by atoms with E-state index in [9.17, 15) is 4.79 Å². The van der Waals surface area contributed by atoms with E-state index >= 15 is 0 Å². The number of aryl methyl sites for hydroxylation is 1. The zero-order valence-corrected chi connectivity index (χ0v) is 14.6. The monoisotopic (exact) mass is 344 g/mol. The van der Waals surface area contributed by atoms with E-state index in [-0.39, 0.29) is 0 Å². The van der Waals surface area contributed by atoms with Crippen LogP contribution in [-0.4, -0.2) is 5.97 Å². The van der Waals surface area contributed by atoms with Crippen LogP contribution in [0.5, 0.6) is 11.5 Å². The van der Waals surface area contributed by atoms with Crippen LogP contribution in [0.4, 0.5) is 0 Å². The molecule has 0 heterocycles. The third kappa shape index (κ3) is 5.08. The van der Waals surface area contributed by atoms with Crippen LogP contribution in [-0.2, 0) is 11.4 Å². The Balaban J connectivity index is 1.54. The van der Waals surface area contributed by atoms with Crippen LogP contribution in [0, 0.1) is 6.92 Å². The lowest BCUT2D eigenvalue weighted by Crippen LogP contribution is -2.04. The minimum absolute atomic E-state index is 0.399. The molecule has 3 rings (SSSR count). The highest BCUT2D eigenvalue weighted by Crippen LogP contribution is 2.17. The average Bonchev–Trinajstić information content (AvgIpc) is 2.68. The van der Waals surface area contributed by atoms with E-state index in [0.29, 0.717) is 12.4 Å². The number of benzene rings is 3. The lowest BCUT2D eigenvalue weighted by molar-refractivity contribution is -0.128. The van der Waals surface area contributed by atoms with Gasteiger partial charge in [0.1, 0.15) is 18.1 Å². The summed E-state index contributed by atoms with van der Waals surface area (Å²) in [6.07, 6.45) is 3.15. The Hall–Kier alpha value is -3.33. The number of para-hydroxylation sites is 1. The van der Waals surface area contributed by atoms with Crippen molar-refractivity contribution in [1.82, 2.24) is 0 Å². The Bertz CT molecular complexity index is 881. The van der Waals surface area contributed by atoms with E-state index in [1.165, 1.54) is 6.08 Å². The highest BCUT2D eigenvalue weighted by molar-refractivity contribution is 5.88. The number of carbonyl (C=O) groups is 1. The van der Waals surface area contributed by atoms with Gasteiger partial charge in [0.15, 0.2) is 0 Å². The fourth-order valence-electron chi connectivity index (χ4n) is 2.39. The fraction of sp³-hybridized carbons (Fsp3) is 0.0870. The molecule has 0 saturated heterocycles. The van der Waals surface area contributed by atoms with E-state index in [1.54, 1.807) is 12.1 Å². The van der Waals surface area contributed by atoms with Gasteiger partial charge >= 0.3 is 5.97 Å². The van der Waals surface area contributed by atoms with Crippen molar-refractivity contribution in [3.05, 3.63) is 102 Å². The maximum Gasteiger partial charge on any atom is 0.336 e. The van der Waals surface area contributed by atoms with Gasteiger partial charge in [-0.25, -0.2) is 4.79 Å². The van der Waals surface area contributed by atoms with Crippen LogP contribution in [0.2, 0.25) is 0 Å². The van der Waals surface area contributed by atoms with Crippen molar-refractivity contribution in [1.29, 1.82) is 0 Å². The molecule has 130 valence electrons. The van der Waals surface area contributed by atoms with Gasteiger partial charge in [-0.1, -0.05) is 60.7 Å². The first-order valence-corrected chi connectivity index (χ1v) is 8.43. The summed E-state index contributed by atoms with van der Waals surface area (Å²) >= 11 is 0. The van der Waals surface area contributed by atoms with Gasteiger partial charge < -0.3 is 9.47 Å². The molecular formula is C23H20O3. The molecule has 26 heavy (non-hydrogen) atoms. The van der Waals surface area contributed by atoms with Gasteiger partial charge in [-0.15, -0.1) is 0 Å². The van der Waals surface area contributed by atoms with Gasteiger partial charge in [-0.05, 0) is 47.9 Å². The van der Waals surface area contributed by atoms with Crippen molar-refractivity contribution in [3.63, 3.8) is 0 Å². The summed E-state index contributed by atoms with van der Waals surface area (Å²) < 4.78 is 11.1. The van der Waals surface area contributed by atoms with Crippen LogP contribution in [0.1, 0.15) is 16.7 Å². The number of rotatable bonds is 6. The molecule has 0 bridgehead atoms. The molecule has 0 atom stereocenters. The van der Waals surface area contributed by atoms with Crippen LogP contribution < -0.4 is 9.47 Å². The molecule has 0 radical (unpaired) electrons. The zero-order chi connectivity index (χ0) is 18.2. The fourth-order valence-corrected chi connectivity index (χ4v) is 2.39. The molecule has 3 aromatic rings. The third-order valence-electron chi connectivity index (χ3n) is 3.84. The summed E-state index contributed by atoms with van der Waals surface area (Å²) in [5, 5.41) is 0. The van der Waals surface area contributed by atoms with Gasteiger partial charge in [0.05, 0.1) is 0 Å². The second-order valence-electron chi connectivity index (χ2n) is 5.86. The minimum atomic E-state index is -0.399. The van der Waals surface area contributed by atoms with E-state index in [0.717, 1.165) is 22.4 Å². The largest absolute Gasteiger partial charge is 0.489 e. The second-order valence-corrected chi connectivity index (χ2v) is 5.86. The summed E-state index contributed by atoms with van der Waals surface area (Å²) in [6.45, 7) is 2.43. The highest BCUT2D eigenvalue weighted by Gasteiger charge is 2.03. The molecule has 3 nitrogen and oxygen atoms in total. The highest BCUT2D eigenvalue weighted by atomic mass is 16.5. The first kappa shape index (κ1) is 17.5. The smallest absolute Gasteiger partial charge is 0.336 e. The van der Waals surface area contributed by atoms with Crippen molar-refractivity contribution >= 4 is 12.0 Å².